The second kappa shape index (κ2) is 17.6. The number of carbonyl (C=O) groups is 2. The Balaban J connectivity index is 3.31. The van der Waals surface area contributed by atoms with Crippen LogP contribution in [0.5, 0.6) is 0 Å². The van der Waals surface area contributed by atoms with Gasteiger partial charge in [-0.25, -0.2) is 0 Å². The van der Waals surface area contributed by atoms with Crippen molar-refractivity contribution in [2.24, 2.45) is 0 Å². The fraction of sp³-hybridized carbons (Fsp3) is 0.882. The van der Waals surface area contributed by atoms with Crippen LogP contribution in [0.15, 0.2) is 0 Å². The summed E-state index contributed by atoms with van der Waals surface area (Å²) in [5, 5.41) is 0. The Labute approximate surface area is 160 Å². The Bertz CT molecular complexity index is 325. The first kappa shape index (κ1) is 23.8. The van der Waals surface area contributed by atoms with E-state index in [9.17, 15) is 9.59 Å². The molecule has 0 radical (unpaired) electrons. The zero-order valence-corrected chi connectivity index (χ0v) is 16.5. The SMILES string of the molecule is O=C(CCCC(=O)OCC(Cl)Cl)OCCCCCCCCCCCl. The third kappa shape index (κ3) is 18.2. The number of rotatable bonds is 16. The van der Waals surface area contributed by atoms with Crippen molar-refractivity contribution in [2.75, 3.05) is 19.1 Å². The molecule has 0 rings (SSSR count). The topological polar surface area (TPSA) is 52.6 Å². The van der Waals surface area contributed by atoms with Crippen LogP contribution in [0.25, 0.3) is 0 Å². The fourth-order valence-corrected chi connectivity index (χ4v) is 2.44. The maximum absolute atomic E-state index is 11.5. The molecule has 0 aromatic rings. The number of carbonyl (C=O) groups excluding carboxylic acids is 2. The summed E-state index contributed by atoms with van der Waals surface area (Å²) in [7, 11) is 0. The molecule has 0 spiro atoms. The van der Waals surface area contributed by atoms with Crippen LogP contribution in [0.4, 0.5) is 0 Å². The second-order valence-corrected chi connectivity index (χ2v) is 7.32. The summed E-state index contributed by atoms with van der Waals surface area (Å²) in [5.74, 6) is 0.0880. The Kier molecular flexibility index (Phi) is 17.5. The zero-order valence-electron chi connectivity index (χ0n) is 14.2. The monoisotopic (exact) mass is 402 g/mol. The summed E-state index contributed by atoms with van der Waals surface area (Å²) in [5.41, 5.74) is 0. The van der Waals surface area contributed by atoms with Crippen LogP contribution in [0, 0.1) is 0 Å². The molecule has 24 heavy (non-hydrogen) atoms. The van der Waals surface area contributed by atoms with Crippen molar-refractivity contribution in [3.05, 3.63) is 0 Å². The largest absolute Gasteiger partial charge is 0.466 e. The van der Waals surface area contributed by atoms with E-state index >= 15 is 0 Å². The van der Waals surface area contributed by atoms with Gasteiger partial charge in [0.15, 0.2) is 0 Å². The van der Waals surface area contributed by atoms with Crippen LogP contribution < -0.4 is 0 Å². The first-order valence-electron chi connectivity index (χ1n) is 8.71. The van der Waals surface area contributed by atoms with E-state index in [2.05, 4.69) is 0 Å². The molecule has 0 aromatic heterocycles. The highest BCUT2D eigenvalue weighted by atomic mass is 35.5. The summed E-state index contributed by atoms with van der Waals surface area (Å²) >= 11 is 16.5. The first-order valence-corrected chi connectivity index (χ1v) is 10.1. The van der Waals surface area contributed by atoms with Gasteiger partial charge in [0.2, 0.25) is 0 Å². The quantitative estimate of drug-likeness (QED) is 0.196. The van der Waals surface area contributed by atoms with Gasteiger partial charge < -0.3 is 9.47 Å². The summed E-state index contributed by atoms with van der Waals surface area (Å²) in [6.07, 6.45) is 9.99. The average molecular weight is 404 g/mol. The number of alkyl halides is 3. The molecule has 0 saturated heterocycles. The van der Waals surface area contributed by atoms with Crippen molar-refractivity contribution >= 4 is 46.7 Å². The molecule has 4 nitrogen and oxygen atoms in total. The summed E-state index contributed by atoms with van der Waals surface area (Å²) in [4.78, 5) is 22.1. The first-order chi connectivity index (χ1) is 11.6. The van der Waals surface area contributed by atoms with E-state index in [-0.39, 0.29) is 25.4 Å². The van der Waals surface area contributed by atoms with Gasteiger partial charge in [0.25, 0.3) is 0 Å². The maximum Gasteiger partial charge on any atom is 0.305 e. The highest BCUT2D eigenvalue weighted by Gasteiger charge is 2.09. The number of hydrogen-bond acceptors (Lipinski definition) is 4. The van der Waals surface area contributed by atoms with E-state index < -0.39 is 10.8 Å². The highest BCUT2D eigenvalue weighted by molar-refractivity contribution is 6.44. The highest BCUT2D eigenvalue weighted by Crippen LogP contribution is 2.09. The molecule has 0 aliphatic carbocycles. The fourth-order valence-electron chi connectivity index (χ4n) is 2.12. The lowest BCUT2D eigenvalue weighted by Crippen LogP contribution is -2.11. The van der Waals surface area contributed by atoms with Crippen molar-refractivity contribution in [3.8, 4) is 0 Å². The second-order valence-electron chi connectivity index (χ2n) is 5.67. The van der Waals surface area contributed by atoms with Crippen LogP contribution in [0.1, 0.15) is 70.6 Å². The number of esters is 2. The molecule has 0 N–H and O–H groups in total. The predicted octanol–water partition coefficient (Wildman–Crippen LogP) is 5.41. The van der Waals surface area contributed by atoms with Crippen molar-refractivity contribution in [3.63, 3.8) is 0 Å². The van der Waals surface area contributed by atoms with Gasteiger partial charge in [0, 0.05) is 18.7 Å². The molecule has 0 bridgehead atoms. The molecule has 142 valence electrons. The van der Waals surface area contributed by atoms with E-state index in [1.807, 2.05) is 0 Å². The lowest BCUT2D eigenvalue weighted by Gasteiger charge is -2.06. The zero-order chi connectivity index (χ0) is 18.0. The smallest absolute Gasteiger partial charge is 0.305 e. The third-order valence-corrected chi connectivity index (χ3v) is 3.94. The van der Waals surface area contributed by atoms with Gasteiger partial charge in [0.05, 0.1) is 6.61 Å². The number of hydrogen-bond donors (Lipinski definition) is 0. The lowest BCUT2D eigenvalue weighted by atomic mass is 10.1. The van der Waals surface area contributed by atoms with Gasteiger partial charge in [-0.3, -0.25) is 9.59 Å². The molecular weight excluding hydrogens is 375 g/mol. The molecule has 0 heterocycles. The van der Waals surface area contributed by atoms with E-state index in [1.54, 1.807) is 0 Å². The van der Waals surface area contributed by atoms with Crippen LogP contribution in [-0.4, -0.2) is 35.9 Å². The average Bonchev–Trinajstić information content (AvgIpc) is 2.54. The molecule has 0 saturated carbocycles. The molecule has 0 unspecified atom stereocenters. The molecule has 0 amide bonds. The Morgan fingerprint density at radius 2 is 1.21 bits per heavy atom. The number of halogens is 3. The molecule has 0 aromatic carbocycles. The number of ether oxygens (including phenoxy) is 2. The van der Waals surface area contributed by atoms with Crippen molar-refractivity contribution in [1.29, 1.82) is 0 Å². The van der Waals surface area contributed by atoms with Crippen molar-refractivity contribution in [1.82, 2.24) is 0 Å². The molecule has 0 atom stereocenters. The van der Waals surface area contributed by atoms with E-state index in [0.717, 1.165) is 25.1 Å². The summed E-state index contributed by atoms with van der Waals surface area (Å²) in [6, 6.07) is 0. The lowest BCUT2D eigenvalue weighted by molar-refractivity contribution is -0.145. The summed E-state index contributed by atoms with van der Waals surface area (Å²) < 4.78 is 9.92. The Morgan fingerprint density at radius 1 is 0.708 bits per heavy atom. The van der Waals surface area contributed by atoms with Crippen LogP contribution >= 0.6 is 34.8 Å². The van der Waals surface area contributed by atoms with Gasteiger partial charge in [0.1, 0.15) is 11.4 Å². The van der Waals surface area contributed by atoms with E-state index in [4.69, 9.17) is 44.3 Å². The Hall–Kier alpha value is -0.190. The molecular formula is C17H29Cl3O4. The van der Waals surface area contributed by atoms with Crippen LogP contribution in [0.3, 0.4) is 0 Å². The minimum absolute atomic E-state index is 0.0287. The molecule has 7 heteroatoms. The van der Waals surface area contributed by atoms with Gasteiger partial charge in [-0.2, -0.15) is 0 Å². The molecule has 0 aliphatic heterocycles. The molecule has 0 fully saturated rings. The normalized spacial score (nSPS) is 10.8. The minimum atomic E-state index is -0.718. The number of unbranched alkanes of at least 4 members (excludes halogenated alkanes) is 7. The minimum Gasteiger partial charge on any atom is -0.466 e. The van der Waals surface area contributed by atoms with Crippen LogP contribution in [0.2, 0.25) is 0 Å². The van der Waals surface area contributed by atoms with Crippen LogP contribution in [-0.2, 0) is 19.1 Å². The van der Waals surface area contributed by atoms with Crippen molar-refractivity contribution < 1.29 is 19.1 Å². The Morgan fingerprint density at radius 3 is 1.75 bits per heavy atom. The summed E-state index contributed by atoms with van der Waals surface area (Å²) in [6.45, 7) is 0.425. The predicted molar refractivity (Wildman–Crippen MR) is 98.9 cm³/mol. The standard InChI is InChI=1S/C17H29Cl3O4/c18-12-7-5-3-1-2-4-6-8-13-23-16(21)10-9-11-17(22)24-14-15(19)20/h15H,1-14H2. The molecule has 0 aliphatic rings. The van der Waals surface area contributed by atoms with Gasteiger partial charge >= 0.3 is 11.9 Å². The van der Waals surface area contributed by atoms with E-state index in [1.165, 1.54) is 32.1 Å². The van der Waals surface area contributed by atoms with Gasteiger partial charge in [-0.05, 0) is 19.3 Å². The maximum atomic E-state index is 11.5. The third-order valence-electron chi connectivity index (χ3n) is 3.42. The van der Waals surface area contributed by atoms with E-state index in [0.29, 0.717) is 13.0 Å². The van der Waals surface area contributed by atoms with Gasteiger partial charge in [-0.15, -0.1) is 34.8 Å². The van der Waals surface area contributed by atoms with Gasteiger partial charge in [-0.1, -0.05) is 38.5 Å². The van der Waals surface area contributed by atoms with Crippen molar-refractivity contribution in [2.45, 2.75) is 75.5 Å².